The van der Waals surface area contributed by atoms with Gasteiger partial charge in [0, 0.05) is 23.3 Å². The zero-order chi connectivity index (χ0) is 20.9. The third-order valence-electron chi connectivity index (χ3n) is 5.77. The van der Waals surface area contributed by atoms with E-state index in [0.717, 1.165) is 48.1 Å². The van der Waals surface area contributed by atoms with E-state index in [1.165, 1.54) is 12.8 Å². The molecule has 30 heavy (non-hydrogen) atoms. The Kier molecular flexibility index (Phi) is 6.17. The van der Waals surface area contributed by atoms with Crippen molar-refractivity contribution in [2.24, 2.45) is 0 Å². The summed E-state index contributed by atoms with van der Waals surface area (Å²) in [5.74, 6) is -0.226. The van der Waals surface area contributed by atoms with Gasteiger partial charge < -0.3 is 14.5 Å². The smallest absolute Gasteiger partial charge is 0.294 e. The second-order valence-electron chi connectivity index (χ2n) is 7.85. The third-order valence-corrected chi connectivity index (χ3v) is 5.77. The third kappa shape index (κ3) is 4.25. The molecule has 0 atom stereocenters. The average Bonchev–Trinajstić information content (AvgIpc) is 2.96. The number of fused-ring (bicyclic) bond motifs is 1. The van der Waals surface area contributed by atoms with E-state index < -0.39 is 11.7 Å². The summed E-state index contributed by atoms with van der Waals surface area (Å²) in [5.41, 5.74) is 2.92. The molecule has 1 amide bonds. The Morgan fingerprint density at radius 3 is 2.47 bits per heavy atom. The monoisotopic (exact) mass is 404 g/mol. The number of carbonyl (C=O) groups is 2. The van der Waals surface area contributed by atoms with Crippen LogP contribution in [0.2, 0.25) is 0 Å². The summed E-state index contributed by atoms with van der Waals surface area (Å²) in [6.07, 6.45) is 8.32. The van der Waals surface area contributed by atoms with Crippen LogP contribution in [0.1, 0.15) is 55.9 Å². The molecule has 5 nitrogen and oxygen atoms in total. The fraction of sp³-hybridized carbons (Fsp3) is 0.360. The van der Waals surface area contributed by atoms with Crippen molar-refractivity contribution in [2.75, 3.05) is 6.61 Å². The van der Waals surface area contributed by atoms with Gasteiger partial charge >= 0.3 is 0 Å². The second kappa shape index (κ2) is 9.16. The maximum absolute atomic E-state index is 13.3. The van der Waals surface area contributed by atoms with Gasteiger partial charge in [0.2, 0.25) is 0 Å². The molecule has 1 aliphatic carbocycles. The van der Waals surface area contributed by atoms with Crippen molar-refractivity contribution in [3.8, 4) is 16.9 Å². The number of carbonyl (C=O) groups excluding carboxylic acids is 2. The number of hydrogen-bond donors (Lipinski definition) is 1. The SMILES string of the molecule is CCOc1ccc(-c2cc3ccccn3c2C(=O)C(=O)NC2CCCCCC2)cc1. The summed E-state index contributed by atoms with van der Waals surface area (Å²) in [4.78, 5) is 26.2. The lowest BCUT2D eigenvalue weighted by molar-refractivity contribution is -0.117. The molecule has 2 aromatic heterocycles. The first-order valence-electron chi connectivity index (χ1n) is 10.9. The largest absolute Gasteiger partial charge is 0.494 e. The number of aromatic nitrogens is 1. The van der Waals surface area contributed by atoms with Gasteiger partial charge in [0.05, 0.1) is 6.61 Å². The molecule has 0 aliphatic heterocycles. The molecule has 1 N–H and O–H groups in total. The number of rotatable bonds is 6. The molecule has 156 valence electrons. The highest BCUT2D eigenvalue weighted by Gasteiger charge is 2.26. The van der Waals surface area contributed by atoms with E-state index in [4.69, 9.17) is 4.74 Å². The van der Waals surface area contributed by atoms with E-state index in [2.05, 4.69) is 5.32 Å². The zero-order valence-corrected chi connectivity index (χ0v) is 17.4. The fourth-order valence-electron chi connectivity index (χ4n) is 4.25. The van der Waals surface area contributed by atoms with Crippen LogP contribution in [-0.2, 0) is 4.79 Å². The topological polar surface area (TPSA) is 59.8 Å². The van der Waals surface area contributed by atoms with Gasteiger partial charge in [-0.15, -0.1) is 0 Å². The van der Waals surface area contributed by atoms with Crippen LogP contribution in [0.4, 0.5) is 0 Å². The normalized spacial score (nSPS) is 15.0. The van der Waals surface area contributed by atoms with Crippen molar-refractivity contribution in [1.82, 2.24) is 9.72 Å². The lowest BCUT2D eigenvalue weighted by Crippen LogP contribution is -2.39. The van der Waals surface area contributed by atoms with Crippen LogP contribution in [0.15, 0.2) is 54.7 Å². The summed E-state index contributed by atoms with van der Waals surface area (Å²) in [7, 11) is 0. The van der Waals surface area contributed by atoms with E-state index >= 15 is 0 Å². The van der Waals surface area contributed by atoms with Crippen molar-refractivity contribution in [3.05, 3.63) is 60.4 Å². The quantitative estimate of drug-likeness (QED) is 0.356. The van der Waals surface area contributed by atoms with Gasteiger partial charge in [-0.2, -0.15) is 0 Å². The standard InChI is InChI=1S/C25H28N2O3/c1-2-30-21-14-12-18(13-15-21)22-17-20-11-7-8-16-27(20)23(22)24(28)25(29)26-19-9-5-3-4-6-10-19/h7-8,11-17,19H,2-6,9-10H2,1H3,(H,26,29). The minimum Gasteiger partial charge on any atom is -0.494 e. The predicted molar refractivity (Wildman–Crippen MR) is 118 cm³/mol. The van der Waals surface area contributed by atoms with Gasteiger partial charge in [-0.3, -0.25) is 9.59 Å². The molecule has 0 spiro atoms. The van der Waals surface area contributed by atoms with E-state index in [9.17, 15) is 9.59 Å². The first-order valence-corrected chi connectivity index (χ1v) is 10.9. The molecule has 0 bridgehead atoms. The van der Waals surface area contributed by atoms with Crippen LogP contribution in [-0.4, -0.2) is 28.7 Å². The molecule has 2 heterocycles. The van der Waals surface area contributed by atoms with E-state index in [0.29, 0.717) is 12.3 Å². The van der Waals surface area contributed by atoms with Crippen LogP contribution in [0.25, 0.3) is 16.6 Å². The minimum absolute atomic E-state index is 0.0871. The number of nitrogens with one attached hydrogen (secondary N) is 1. The molecule has 1 fully saturated rings. The predicted octanol–water partition coefficient (Wildman–Crippen LogP) is 5.03. The van der Waals surface area contributed by atoms with E-state index in [-0.39, 0.29) is 6.04 Å². The van der Waals surface area contributed by atoms with E-state index in [1.54, 1.807) is 4.40 Å². The second-order valence-corrected chi connectivity index (χ2v) is 7.85. The highest BCUT2D eigenvalue weighted by atomic mass is 16.5. The Morgan fingerprint density at radius 2 is 1.77 bits per heavy atom. The number of Topliss-reactive ketones (excluding diaryl/α,β-unsaturated/α-hetero) is 1. The number of amides is 1. The van der Waals surface area contributed by atoms with Crippen molar-refractivity contribution in [2.45, 2.75) is 51.5 Å². The molecule has 4 rings (SSSR count). The van der Waals surface area contributed by atoms with Crippen LogP contribution >= 0.6 is 0 Å². The summed E-state index contributed by atoms with van der Waals surface area (Å²) in [6, 6.07) is 15.4. The first-order chi connectivity index (χ1) is 14.7. The number of nitrogens with zero attached hydrogens (tertiary/aromatic N) is 1. The number of pyridine rings is 1. The molecular formula is C25H28N2O3. The molecule has 1 aromatic carbocycles. The van der Waals surface area contributed by atoms with Gasteiger partial charge in [0.1, 0.15) is 11.4 Å². The molecule has 0 saturated heterocycles. The van der Waals surface area contributed by atoms with Crippen LogP contribution in [0, 0.1) is 0 Å². The maximum Gasteiger partial charge on any atom is 0.294 e. The fourth-order valence-corrected chi connectivity index (χ4v) is 4.25. The van der Waals surface area contributed by atoms with Crippen LogP contribution in [0.5, 0.6) is 5.75 Å². The molecule has 1 saturated carbocycles. The molecule has 1 aliphatic rings. The molecule has 3 aromatic rings. The number of benzene rings is 1. The highest BCUT2D eigenvalue weighted by molar-refractivity contribution is 6.43. The Hall–Kier alpha value is -3.08. The van der Waals surface area contributed by atoms with Crippen molar-refractivity contribution >= 4 is 17.2 Å². The minimum atomic E-state index is -0.516. The van der Waals surface area contributed by atoms with Crippen molar-refractivity contribution < 1.29 is 14.3 Å². The zero-order valence-electron chi connectivity index (χ0n) is 17.4. The average molecular weight is 405 g/mol. The Bertz CT molecular complexity index is 1030. The van der Waals surface area contributed by atoms with Crippen LogP contribution in [0.3, 0.4) is 0 Å². The summed E-state index contributed by atoms with van der Waals surface area (Å²) in [5, 5.41) is 2.99. The summed E-state index contributed by atoms with van der Waals surface area (Å²) < 4.78 is 7.34. The first kappa shape index (κ1) is 20.2. The summed E-state index contributed by atoms with van der Waals surface area (Å²) >= 11 is 0. The van der Waals surface area contributed by atoms with Crippen molar-refractivity contribution in [1.29, 1.82) is 0 Å². The van der Waals surface area contributed by atoms with Gasteiger partial charge in [-0.25, -0.2) is 0 Å². The Labute approximate surface area is 177 Å². The lowest BCUT2D eigenvalue weighted by atomic mass is 10.0. The van der Waals surface area contributed by atoms with Gasteiger partial charge in [0.15, 0.2) is 0 Å². The molecule has 5 heteroatoms. The maximum atomic E-state index is 13.3. The number of hydrogen-bond acceptors (Lipinski definition) is 3. The number of ether oxygens (including phenoxy) is 1. The van der Waals surface area contributed by atoms with Gasteiger partial charge in [-0.1, -0.05) is 43.9 Å². The molecular weight excluding hydrogens is 376 g/mol. The Balaban J connectivity index is 1.67. The Morgan fingerprint density at radius 1 is 1.03 bits per heavy atom. The number of ketones is 1. The molecule has 0 radical (unpaired) electrons. The van der Waals surface area contributed by atoms with Crippen molar-refractivity contribution in [3.63, 3.8) is 0 Å². The van der Waals surface area contributed by atoms with Gasteiger partial charge in [0.25, 0.3) is 11.7 Å². The lowest BCUT2D eigenvalue weighted by Gasteiger charge is -2.16. The van der Waals surface area contributed by atoms with E-state index in [1.807, 2.05) is 61.7 Å². The highest BCUT2D eigenvalue weighted by Crippen LogP contribution is 2.30. The van der Waals surface area contributed by atoms with Gasteiger partial charge in [-0.05, 0) is 55.7 Å². The summed E-state index contributed by atoms with van der Waals surface area (Å²) in [6.45, 7) is 2.54. The molecule has 0 unspecified atom stereocenters. The van der Waals surface area contributed by atoms with Crippen LogP contribution < -0.4 is 10.1 Å².